The minimum atomic E-state index is -0.908. The molecule has 0 N–H and O–H groups in total. The molecule has 0 aliphatic rings. The lowest BCUT2D eigenvalue weighted by molar-refractivity contribution is 0.233. The zero-order chi connectivity index (χ0) is 9.78. The quantitative estimate of drug-likeness (QED) is 0.479. The molecule has 0 atom stereocenters. The Labute approximate surface area is 78.6 Å². The van der Waals surface area contributed by atoms with Crippen molar-refractivity contribution in [1.82, 2.24) is 9.80 Å². The molecule has 0 rings (SSSR count). The summed E-state index contributed by atoms with van der Waals surface area (Å²) in [6.45, 7) is 8.31. The van der Waals surface area contributed by atoms with E-state index in [0.29, 0.717) is 0 Å². The Morgan fingerprint density at radius 1 is 1.08 bits per heavy atom. The lowest BCUT2D eigenvalue weighted by atomic mass is 10.8. The van der Waals surface area contributed by atoms with Gasteiger partial charge in [-0.05, 0) is 27.3 Å². The largest absolute Gasteiger partial charge is 0.297 e. The molecular formula is C9H24N2Si. The standard InChI is InChI=1S/C9H24N2Si/c1-7-12(5,6)9-11(4)8-10(2)3/h7-9H2,1-6H3. The fraction of sp³-hybridized carbons (Fsp3) is 1.00. The third-order valence-corrected chi connectivity index (χ3v) is 5.49. The van der Waals surface area contributed by atoms with Crippen LogP contribution < -0.4 is 0 Å². The number of hydrogen-bond acceptors (Lipinski definition) is 2. The zero-order valence-electron chi connectivity index (χ0n) is 9.52. The van der Waals surface area contributed by atoms with E-state index in [1.54, 1.807) is 0 Å². The van der Waals surface area contributed by atoms with Gasteiger partial charge in [0.2, 0.25) is 0 Å². The van der Waals surface area contributed by atoms with Crippen molar-refractivity contribution in [3.05, 3.63) is 0 Å². The average molecular weight is 188 g/mol. The van der Waals surface area contributed by atoms with E-state index in [1.165, 1.54) is 12.2 Å². The molecule has 0 fully saturated rings. The topological polar surface area (TPSA) is 6.48 Å². The second-order valence-electron chi connectivity index (χ2n) is 4.75. The highest BCUT2D eigenvalue weighted by Crippen LogP contribution is 2.09. The fourth-order valence-electron chi connectivity index (χ4n) is 1.38. The van der Waals surface area contributed by atoms with E-state index in [-0.39, 0.29) is 0 Å². The van der Waals surface area contributed by atoms with Gasteiger partial charge in [-0.25, -0.2) is 0 Å². The van der Waals surface area contributed by atoms with Crippen molar-refractivity contribution in [2.75, 3.05) is 34.0 Å². The summed E-state index contributed by atoms with van der Waals surface area (Å²) in [5.41, 5.74) is 0. The minimum absolute atomic E-state index is 0.908. The third kappa shape index (κ3) is 5.74. The summed E-state index contributed by atoms with van der Waals surface area (Å²) in [5.74, 6) is 0. The molecular weight excluding hydrogens is 164 g/mol. The predicted molar refractivity (Wildman–Crippen MR) is 59.1 cm³/mol. The molecule has 3 heteroatoms. The molecule has 0 heterocycles. The zero-order valence-corrected chi connectivity index (χ0v) is 10.5. The molecule has 0 aromatic heterocycles. The number of nitrogens with zero attached hydrogens (tertiary/aromatic N) is 2. The molecule has 12 heavy (non-hydrogen) atoms. The van der Waals surface area contributed by atoms with Crippen LogP contribution in [0.15, 0.2) is 0 Å². The van der Waals surface area contributed by atoms with Crippen LogP contribution in [0.4, 0.5) is 0 Å². The van der Waals surface area contributed by atoms with Crippen LogP contribution in [0.2, 0.25) is 19.1 Å². The van der Waals surface area contributed by atoms with Gasteiger partial charge in [0.05, 0.1) is 8.07 Å². The second kappa shape index (κ2) is 4.99. The minimum Gasteiger partial charge on any atom is -0.297 e. The normalized spacial score (nSPS) is 13.0. The molecule has 0 spiro atoms. The van der Waals surface area contributed by atoms with Crippen LogP contribution in [-0.2, 0) is 0 Å². The van der Waals surface area contributed by atoms with Gasteiger partial charge in [-0.1, -0.05) is 26.1 Å². The molecule has 74 valence electrons. The van der Waals surface area contributed by atoms with Gasteiger partial charge in [0.1, 0.15) is 0 Å². The van der Waals surface area contributed by atoms with E-state index in [0.717, 1.165) is 6.67 Å². The maximum Gasteiger partial charge on any atom is 0.0627 e. The van der Waals surface area contributed by atoms with Crippen molar-refractivity contribution in [3.63, 3.8) is 0 Å². The highest BCUT2D eigenvalue weighted by atomic mass is 28.3. The molecule has 0 aromatic carbocycles. The van der Waals surface area contributed by atoms with E-state index in [9.17, 15) is 0 Å². The first-order chi connectivity index (χ1) is 5.37. The summed E-state index contributed by atoms with van der Waals surface area (Å²) >= 11 is 0. The Morgan fingerprint density at radius 2 is 1.58 bits per heavy atom. The van der Waals surface area contributed by atoms with Crippen LogP contribution in [-0.4, -0.2) is 51.9 Å². The summed E-state index contributed by atoms with van der Waals surface area (Å²) in [4.78, 5) is 4.65. The molecule has 0 amide bonds. The smallest absolute Gasteiger partial charge is 0.0627 e. The first-order valence-electron chi connectivity index (χ1n) is 4.70. The number of rotatable bonds is 5. The molecule has 0 bridgehead atoms. The van der Waals surface area contributed by atoms with E-state index in [4.69, 9.17) is 0 Å². The van der Waals surface area contributed by atoms with E-state index in [1.807, 2.05) is 0 Å². The van der Waals surface area contributed by atoms with Crippen LogP contribution in [0.3, 0.4) is 0 Å². The molecule has 0 saturated heterocycles. The van der Waals surface area contributed by atoms with Gasteiger partial charge in [0.15, 0.2) is 0 Å². The van der Waals surface area contributed by atoms with E-state index >= 15 is 0 Å². The average Bonchev–Trinajstić information content (AvgIpc) is 1.84. The second-order valence-corrected chi connectivity index (χ2v) is 10.1. The Bertz CT molecular complexity index is 124. The van der Waals surface area contributed by atoms with Crippen LogP contribution in [0, 0.1) is 0 Å². The maximum absolute atomic E-state index is 2.46. The number of hydrogen-bond donors (Lipinski definition) is 0. The van der Waals surface area contributed by atoms with Crippen molar-refractivity contribution in [2.45, 2.75) is 26.1 Å². The predicted octanol–water partition coefficient (Wildman–Crippen LogP) is 1.70. The summed E-state index contributed by atoms with van der Waals surface area (Å²) in [7, 11) is 5.55. The van der Waals surface area contributed by atoms with Gasteiger partial charge >= 0.3 is 0 Å². The Morgan fingerprint density at radius 3 is 1.92 bits per heavy atom. The highest BCUT2D eigenvalue weighted by Gasteiger charge is 2.19. The molecule has 0 aromatic rings. The molecule has 0 radical (unpaired) electrons. The molecule has 0 saturated carbocycles. The van der Waals surface area contributed by atoms with Gasteiger partial charge in [-0.2, -0.15) is 0 Å². The lowest BCUT2D eigenvalue weighted by Gasteiger charge is -2.29. The molecule has 0 aliphatic carbocycles. The van der Waals surface area contributed by atoms with Gasteiger partial charge in [-0.15, -0.1) is 0 Å². The van der Waals surface area contributed by atoms with Crippen molar-refractivity contribution >= 4 is 8.07 Å². The summed E-state index contributed by atoms with van der Waals surface area (Å²) < 4.78 is 0. The van der Waals surface area contributed by atoms with Gasteiger partial charge in [0, 0.05) is 6.67 Å². The maximum atomic E-state index is 2.46. The van der Waals surface area contributed by atoms with Crippen molar-refractivity contribution in [3.8, 4) is 0 Å². The van der Waals surface area contributed by atoms with Crippen molar-refractivity contribution in [2.24, 2.45) is 0 Å². The van der Waals surface area contributed by atoms with Crippen molar-refractivity contribution in [1.29, 1.82) is 0 Å². The monoisotopic (exact) mass is 188 g/mol. The summed E-state index contributed by atoms with van der Waals surface area (Å²) in [6.07, 6.45) is 1.31. The Kier molecular flexibility index (Phi) is 5.05. The van der Waals surface area contributed by atoms with Crippen LogP contribution in [0.25, 0.3) is 0 Å². The summed E-state index contributed by atoms with van der Waals surface area (Å²) in [5, 5.41) is 0. The molecule has 0 unspecified atom stereocenters. The van der Waals surface area contributed by atoms with Gasteiger partial charge in [-0.3, -0.25) is 9.80 Å². The van der Waals surface area contributed by atoms with Crippen LogP contribution in [0.5, 0.6) is 0 Å². The van der Waals surface area contributed by atoms with Crippen LogP contribution in [0.1, 0.15) is 6.92 Å². The molecule has 2 nitrogen and oxygen atoms in total. The Hall–Kier alpha value is 0.137. The Balaban J connectivity index is 3.75. The van der Waals surface area contributed by atoms with Crippen molar-refractivity contribution < 1.29 is 0 Å². The lowest BCUT2D eigenvalue weighted by Crippen LogP contribution is -2.43. The van der Waals surface area contributed by atoms with Crippen LogP contribution >= 0.6 is 0 Å². The van der Waals surface area contributed by atoms with Gasteiger partial charge < -0.3 is 0 Å². The van der Waals surface area contributed by atoms with Gasteiger partial charge in [0.25, 0.3) is 0 Å². The van der Waals surface area contributed by atoms with E-state index < -0.39 is 8.07 Å². The first kappa shape index (κ1) is 12.1. The fourth-order valence-corrected chi connectivity index (χ4v) is 3.16. The molecule has 0 aliphatic heterocycles. The first-order valence-corrected chi connectivity index (χ1v) is 8.12. The summed E-state index contributed by atoms with van der Waals surface area (Å²) in [6, 6.07) is 1.38. The highest BCUT2D eigenvalue weighted by molar-refractivity contribution is 6.77. The SMILES string of the molecule is CC[Si](C)(C)CN(C)CN(C)C. The third-order valence-electron chi connectivity index (χ3n) is 2.18. The van der Waals surface area contributed by atoms with E-state index in [2.05, 4.69) is 51.0 Å².